The topological polar surface area (TPSA) is 98.2 Å². The molecule has 0 aliphatic carbocycles. The van der Waals surface area contributed by atoms with Crippen LogP contribution in [0.4, 0.5) is 0 Å². The molecule has 1 amide bonds. The summed E-state index contributed by atoms with van der Waals surface area (Å²) in [6.45, 7) is 3.46. The van der Waals surface area contributed by atoms with Crippen LogP contribution in [0.3, 0.4) is 0 Å². The van der Waals surface area contributed by atoms with Gasteiger partial charge in [-0.2, -0.15) is 4.31 Å². The Morgan fingerprint density at radius 3 is 2.41 bits per heavy atom. The summed E-state index contributed by atoms with van der Waals surface area (Å²) in [6.07, 6.45) is 0.817. The van der Waals surface area contributed by atoms with E-state index in [1.165, 1.54) is 18.5 Å². The average Bonchev–Trinajstić information content (AvgIpc) is 3.17. The number of hydrogen-bond donors (Lipinski definition) is 0. The van der Waals surface area contributed by atoms with Gasteiger partial charge in [0.1, 0.15) is 11.5 Å². The third kappa shape index (κ3) is 4.42. The summed E-state index contributed by atoms with van der Waals surface area (Å²) in [5.41, 5.74) is 1.15. The first-order valence-electron chi connectivity index (χ1n) is 10.9. The van der Waals surface area contributed by atoms with Crippen molar-refractivity contribution in [1.29, 1.82) is 0 Å². The summed E-state index contributed by atoms with van der Waals surface area (Å²) in [7, 11) is -0.733. The molecule has 0 saturated carbocycles. The first kappa shape index (κ1) is 24.2. The van der Waals surface area contributed by atoms with Crippen molar-refractivity contribution in [2.45, 2.75) is 24.8 Å². The highest BCUT2D eigenvalue weighted by Crippen LogP contribution is 2.28. The number of carbonyl (C=O) groups excluding carboxylic acids is 1. The van der Waals surface area contributed by atoms with Gasteiger partial charge in [0.05, 0.1) is 34.9 Å². The Labute approximate surface area is 202 Å². The van der Waals surface area contributed by atoms with Crippen LogP contribution in [0.5, 0.6) is 11.5 Å². The highest BCUT2D eigenvalue weighted by atomic mass is 32.2. The Morgan fingerprint density at radius 2 is 1.76 bits per heavy atom. The van der Waals surface area contributed by atoms with Gasteiger partial charge in [0.2, 0.25) is 10.0 Å². The fourth-order valence-corrected chi connectivity index (χ4v) is 6.55. The van der Waals surface area contributed by atoms with E-state index in [0.29, 0.717) is 28.3 Å². The molecule has 0 bridgehead atoms. The third-order valence-electron chi connectivity index (χ3n) is 5.89. The number of nitrogens with zero attached hydrogens (tertiary/aromatic N) is 3. The van der Waals surface area contributed by atoms with E-state index in [4.69, 9.17) is 9.47 Å². The Hall–Kier alpha value is -2.89. The summed E-state index contributed by atoms with van der Waals surface area (Å²) in [6, 6.07) is 9.80. The van der Waals surface area contributed by atoms with E-state index in [9.17, 15) is 18.0 Å². The zero-order chi connectivity index (χ0) is 24.5. The van der Waals surface area contributed by atoms with Crippen molar-refractivity contribution >= 4 is 37.5 Å². The summed E-state index contributed by atoms with van der Waals surface area (Å²) in [5, 5.41) is 0. The predicted molar refractivity (Wildman–Crippen MR) is 131 cm³/mol. The molecule has 0 unspecified atom stereocenters. The normalized spacial score (nSPS) is 15.0. The smallest absolute Gasteiger partial charge is 0.308 e. The number of piperazine rings is 1. The molecule has 0 spiro atoms. The zero-order valence-corrected chi connectivity index (χ0v) is 20.9. The van der Waals surface area contributed by atoms with Gasteiger partial charge in [-0.3, -0.25) is 14.2 Å². The van der Waals surface area contributed by atoms with Crippen LogP contribution in [0.25, 0.3) is 10.2 Å². The van der Waals surface area contributed by atoms with E-state index in [1.807, 2.05) is 6.92 Å². The number of hydrogen-bond acceptors (Lipinski definition) is 7. The number of benzene rings is 2. The van der Waals surface area contributed by atoms with E-state index < -0.39 is 10.0 Å². The number of amides is 1. The number of thiazole rings is 1. The number of rotatable bonds is 7. The van der Waals surface area contributed by atoms with Gasteiger partial charge in [-0.25, -0.2) is 8.42 Å². The Morgan fingerprint density at radius 1 is 1.03 bits per heavy atom. The first-order valence-corrected chi connectivity index (χ1v) is 13.2. The molecular weight excluding hydrogens is 478 g/mol. The summed E-state index contributed by atoms with van der Waals surface area (Å²) < 4.78 is 40.8. The van der Waals surface area contributed by atoms with Crippen LogP contribution in [0, 0.1) is 0 Å². The van der Waals surface area contributed by atoms with Crippen molar-refractivity contribution in [3.8, 4) is 11.5 Å². The monoisotopic (exact) mass is 505 g/mol. The minimum Gasteiger partial charge on any atom is -0.497 e. The molecule has 1 saturated heterocycles. The maximum absolute atomic E-state index is 13.3. The molecular formula is C23H27N3O6S2. The van der Waals surface area contributed by atoms with Gasteiger partial charge in [-0.05, 0) is 36.8 Å². The highest BCUT2D eigenvalue weighted by molar-refractivity contribution is 7.89. The van der Waals surface area contributed by atoms with E-state index in [2.05, 4.69) is 0 Å². The SMILES string of the molecule is CCCn1c(=O)sc2cc(S(=O)(=O)N3CCN(C(=O)c4ccc(OC)cc4OC)CC3)ccc21. The van der Waals surface area contributed by atoms with Crippen molar-refractivity contribution in [1.82, 2.24) is 13.8 Å². The number of carbonyl (C=O) groups is 1. The molecule has 182 valence electrons. The van der Waals surface area contributed by atoms with Crippen LogP contribution >= 0.6 is 11.3 Å². The lowest BCUT2D eigenvalue weighted by Crippen LogP contribution is -2.50. The lowest BCUT2D eigenvalue weighted by atomic mass is 10.1. The molecule has 11 heteroatoms. The van der Waals surface area contributed by atoms with Crippen LogP contribution in [0.15, 0.2) is 46.1 Å². The van der Waals surface area contributed by atoms with Gasteiger partial charge >= 0.3 is 4.87 Å². The minimum atomic E-state index is -3.76. The van der Waals surface area contributed by atoms with E-state index in [1.54, 1.807) is 45.9 Å². The largest absolute Gasteiger partial charge is 0.497 e. The molecule has 9 nitrogen and oxygen atoms in total. The van der Waals surface area contributed by atoms with Crippen molar-refractivity contribution in [2.75, 3.05) is 40.4 Å². The van der Waals surface area contributed by atoms with Crippen molar-refractivity contribution in [3.05, 3.63) is 51.6 Å². The molecule has 0 radical (unpaired) electrons. The first-order chi connectivity index (χ1) is 16.3. The second-order valence-electron chi connectivity index (χ2n) is 7.91. The third-order valence-corrected chi connectivity index (χ3v) is 8.73. The fourth-order valence-electron chi connectivity index (χ4n) is 4.07. The molecule has 1 aliphatic rings. The molecule has 0 atom stereocenters. The second-order valence-corrected chi connectivity index (χ2v) is 10.8. The number of fused-ring (bicyclic) bond motifs is 1. The number of sulfonamides is 1. The molecule has 1 aromatic heterocycles. The molecule has 1 fully saturated rings. The molecule has 0 N–H and O–H groups in total. The lowest BCUT2D eigenvalue weighted by molar-refractivity contribution is 0.0694. The highest BCUT2D eigenvalue weighted by Gasteiger charge is 2.31. The van der Waals surface area contributed by atoms with Crippen LogP contribution < -0.4 is 14.3 Å². The zero-order valence-electron chi connectivity index (χ0n) is 19.3. The number of aromatic nitrogens is 1. The Kier molecular flexibility index (Phi) is 6.96. The maximum atomic E-state index is 13.3. The molecule has 2 heterocycles. The van der Waals surface area contributed by atoms with Crippen molar-refractivity contribution < 1.29 is 22.7 Å². The number of methoxy groups -OCH3 is 2. The summed E-state index contributed by atoms with van der Waals surface area (Å²) in [5.74, 6) is 0.762. The molecule has 4 rings (SSSR count). The van der Waals surface area contributed by atoms with Gasteiger partial charge in [-0.15, -0.1) is 0 Å². The van der Waals surface area contributed by atoms with Gasteiger partial charge in [0, 0.05) is 38.8 Å². The van der Waals surface area contributed by atoms with Gasteiger partial charge < -0.3 is 14.4 Å². The van der Waals surface area contributed by atoms with E-state index >= 15 is 0 Å². The van der Waals surface area contributed by atoms with Crippen LogP contribution in [0.2, 0.25) is 0 Å². The maximum Gasteiger partial charge on any atom is 0.308 e. The standard InChI is InChI=1S/C23H27N3O6S2/c1-4-9-26-19-8-6-17(15-21(19)33-23(26)28)34(29,30)25-12-10-24(11-13-25)22(27)18-7-5-16(31-2)14-20(18)32-3/h5-8,14-15H,4,9-13H2,1-3H3. The summed E-state index contributed by atoms with van der Waals surface area (Å²) in [4.78, 5) is 27.0. The van der Waals surface area contributed by atoms with Gasteiger partial charge in [0.15, 0.2) is 0 Å². The van der Waals surface area contributed by atoms with E-state index in [-0.39, 0.29) is 41.9 Å². The van der Waals surface area contributed by atoms with Crippen LogP contribution in [0.1, 0.15) is 23.7 Å². The van der Waals surface area contributed by atoms with Crippen LogP contribution in [-0.2, 0) is 16.6 Å². The molecule has 3 aromatic rings. The number of aryl methyl sites for hydroxylation is 1. The quantitative estimate of drug-likeness (QED) is 0.490. The van der Waals surface area contributed by atoms with Gasteiger partial charge in [0.25, 0.3) is 5.91 Å². The van der Waals surface area contributed by atoms with Crippen LogP contribution in [-0.4, -0.2) is 68.5 Å². The van der Waals surface area contributed by atoms with Crippen molar-refractivity contribution in [3.63, 3.8) is 0 Å². The predicted octanol–water partition coefficient (Wildman–Crippen LogP) is 2.64. The molecule has 1 aliphatic heterocycles. The lowest BCUT2D eigenvalue weighted by Gasteiger charge is -2.34. The number of ether oxygens (including phenoxy) is 2. The van der Waals surface area contributed by atoms with E-state index in [0.717, 1.165) is 23.3 Å². The average molecular weight is 506 g/mol. The fraction of sp³-hybridized carbons (Fsp3) is 0.391. The van der Waals surface area contributed by atoms with Crippen molar-refractivity contribution in [2.24, 2.45) is 0 Å². The molecule has 2 aromatic carbocycles. The summed E-state index contributed by atoms with van der Waals surface area (Å²) >= 11 is 1.05. The Balaban J connectivity index is 1.50. The van der Waals surface area contributed by atoms with Gasteiger partial charge in [-0.1, -0.05) is 18.3 Å². The Bertz CT molecular complexity index is 1370. The second kappa shape index (κ2) is 9.77. The molecule has 34 heavy (non-hydrogen) atoms. The minimum absolute atomic E-state index is 0.0903.